The third kappa shape index (κ3) is 3.62. The summed E-state index contributed by atoms with van der Waals surface area (Å²) in [6, 6.07) is 14.7. The van der Waals surface area contributed by atoms with Crippen LogP contribution >= 0.6 is 15.9 Å². The van der Waals surface area contributed by atoms with Crippen molar-refractivity contribution in [1.29, 1.82) is 0 Å². The van der Waals surface area contributed by atoms with E-state index in [1.165, 1.54) is 12.1 Å². The van der Waals surface area contributed by atoms with Gasteiger partial charge in [0.15, 0.2) is 12.0 Å². The van der Waals surface area contributed by atoms with Gasteiger partial charge in [-0.1, -0.05) is 15.9 Å². The highest BCUT2D eigenvalue weighted by atomic mass is 79.9. The van der Waals surface area contributed by atoms with Gasteiger partial charge in [0.1, 0.15) is 5.76 Å². The average Bonchev–Trinajstić information content (AvgIpc) is 3.27. The van der Waals surface area contributed by atoms with Gasteiger partial charge in [0.25, 0.3) is 11.6 Å². The summed E-state index contributed by atoms with van der Waals surface area (Å²) in [6.45, 7) is 0.179. The number of hydrogen-bond donors (Lipinski definition) is 0. The minimum atomic E-state index is -0.470. The summed E-state index contributed by atoms with van der Waals surface area (Å²) >= 11 is 3.43. The highest BCUT2D eigenvalue weighted by Crippen LogP contribution is 2.40. The SMILES string of the molecule is O=Cc1ccc(CN2C(=O)C(=Cc3ccc([N+](=O)[O-])cc3)c3cc(Br)ccc32)o1. The number of carbonyl (C=O) groups is 2. The van der Waals surface area contributed by atoms with Crippen LogP contribution in [0.2, 0.25) is 0 Å². The normalized spacial score (nSPS) is 14.3. The lowest BCUT2D eigenvalue weighted by molar-refractivity contribution is -0.384. The van der Waals surface area contributed by atoms with Crippen LogP contribution in [0.25, 0.3) is 11.6 Å². The van der Waals surface area contributed by atoms with Crippen molar-refractivity contribution in [2.24, 2.45) is 0 Å². The zero-order valence-electron chi connectivity index (χ0n) is 14.9. The number of non-ortho nitro benzene ring substituents is 1. The second kappa shape index (κ2) is 7.48. The van der Waals surface area contributed by atoms with Crippen molar-refractivity contribution < 1.29 is 18.9 Å². The first-order valence-electron chi connectivity index (χ1n) is 8.58. The van der Waals surface area contributed by atoms with Gasteiger partial charge in [-0.25, -0.2) is 0 Å². The van der Waals surface area contributed by atoms with Crippen molar-refractivity contribution in [3.05, 3.63) is 91.8 Å². The van der Waals surface area contributed by atoms with Crippen LogP contribution in [0.3, 0.4) is 0 Å². The summed E-state index contributed by atoms with van der Waals surface area (Å²) in [5.74, 6) is 0.468. The van der Waals surface area contributed by atoms with Gasteiger partial charge < -0.3 is 9.32 Å². The monoisotopic (exact) mass is 452 g/mol. The number of benzene rings is 2. The molecule has 2 aromatic carbocycles. The lowest BCUT2D eigenvalue weighted by Gasteiger charge is -2.15. The molecule has 0 atom stereocenters. The molecule has 1 aliphatic heterocycles. The van der Waals surface area contributed by atoms with Gasteiger partial charge in [-0.05, 0) is 54.1 Å². The van der Waals surface area contributed by atoms with Gasteiger partial charge in [-0.15, -0.1) is 0 Å². The number of anilines is 1. The van der Waals surface area contributed by atoms with Gasteiger partial charge in [-0.2, -0.15) is 0 Å². The quantitative estimate of drug-likeness (QED) is 0.238. The van der Waals surface area contributed by atoms with Crippen molar-refractivity contribution in [3.8, 4) is 0 Å². The maximum Gasteiger partial charge on any atom is 0.269 e. The topological polar surface area (TPSA) is 93.7 Å². The Kier molecular flexibility index (Phi) is 4.85. The molecule has 2 heterocycles. The molecule has 0 saturated carbocycles. The number of furan rings is 1. The second-order valence-electron chi connectivity index (χ2n) is 6.38. The van der Waals surface area contributed by atoms with Gasteiger partial charge in [0, 0.05) is 27.7 Å². The number of halogens is 1. The number of carbonyl (C=O) groups excluding carboxylic acids is 2. The summed E-state index contributed by atoms with van der Waals surface area (Å²) < 4.78 is 6.24. The van der Waals surface area contributed by atoms with E-state index >= 15 is 0 Å². The fourth-order valence-electron chi connectivity index (χ4n) is 3.18. The van der Waals surface area contributed by atoms with Crippen molar-refractivity contribution in [3.63, 3.8) is 0 Å². The molecule has 0 aliphatic carbocycles. The molecule has 1 aromatic heterocycles. The van der Waals surface area contributed by atoms with Crippen LogP contribution < -0.4 is 4.90 Å². The molecule has 0 fully saturated rings. The molecule has 29 heavy (non-hydrogen) atoms. The Morgan fingerprint density at radius 3 is 2.52 bits per heavy atom. The van der Waals surface area contributed by atoms with Crippen molar-refractivity contribution in [1.82, 2.24) is 0 Å². The standard InChI is InChI=1S/C21H13BrN2O5/c22-14-3-8-20-18(10-14)19(9-13-1-4-15(5-2-13)24(27)28)21(26)23(20)11-16-6-7-17(12-25)29-16/h1-10,12H,11H2. The zero-order valence-corrected chi connectivity index (χ0v) is 16.5. The summed E-state index contributed by atoms with van der Waals surface area (Å²) in [5, 5.41) is 10.8. The molecule has 4 rings (SSSR count). The number of hydrogen-bond acceptors (Lipinski definition) is 5. The summed E-state index contributed by atoms with van der Waals surface area (Å²) in [7, 11) is 0. The number of nitro benzene ring substituents is 1. The van der Waals surface area contributed by atoms with Gasteiger partial charge >= 0.3 is 0 Å². The van der Waals surface area contributed by atoms with E-state index in [0.717, 1.165) is 15.7 Å². The Morgan fingerprint density at radius 1 is 1.10 bits per heavy atom. The number of amides is 1. The molecule has 0 spiro atoms. The van der Waals surface area contributed by atoms with Gasteiger partial charge in [0.2, 0.25) is 0 Å². The van der Waals surface area contributed by atoms with E-state index in [0.29, 0.717) is 23.2 Å². The lowest BCUT2D eigenvalue weighted by Crippen LogP contribution is -2.25. The molecule has 0 N–H and O–H groups in total. The maximum absolute atomic E-state index is 13.2. The Hall–Kier alpha value is -3.52. The molecule has 144 valence electrons. The van der Waals surface area contributed by atoms with Crippen LogP contribution in [0.1, 0.15) is 27.4 Å². The van der Waals surface area contributed by atoms with E-state index in [9.17, 15) is 19.7 Å². The molecule has 8 heteroatoms. The molecule has 1 aliphatic rings. The van der Waals surface area contributed by atoms with E-state index in [2.05, 4.69) is 15.9 Å². The third-order valence-electron chi connectivity index (χ3n) is 4.54. The van der Waals surface area contributed by atoms with Crippen molar-refractivity contribution in [2.45, 2.75) is 6.54 Å². The fraction of sp³-hybridized carbons (Fsp3) is 0.0476. The molecule has 1 amide bonds. The first kappa shape index (κ1) is 18.8. The van der Waals surface area contributed by atoms with E-state index in [1.54, 1.807) is 35.2 Å². The lowest BCUT2D eigenvalue weighted by atomic mass is 10.0. The van der Waals surface area contributed by atoms with E-state index < -0.39 is 4.92 Å². The van der Waals surface area contributed by atoms with Crippen LogP contribution in [0.15, 0.2) is 63.5 Å². The number of aldehydes is 1. The molecule has 0 unspecified atom stereocenters. The van der Waals surface area contributed by atoms with Gasteiger partial charge in [0.05, 0.1) is 17.2 Å². The smallest absolute Gasteiger partial charge is 0.269 e. The average molecular weight is 453 g/mol. The Bertz CT molecular complexity index is 1160. The van der Waals surface area contributed by atoms with E-state index in [4.69, 9.17) is 4.42 Å². The van der Waals surface area contributed by atoms with Crippen LogP contribution in [-0.4, -0.2) is 17.1 Å². The number of nitrogens with zero attached hydrogens (tertiary/aromatic N) is 2. The van der Waals surface area contributed by atoms with Gasteiger partial charge in [-0.3, -0.25) is 19.7 Å². The molecule has 3 aromatic rings. The van der Waals surface area contributed by atoms with Crippen molar-refractivity contribution >= 4 is 51.1 Å². The van der Waals surface area contributed by atoms with Crippen molar-refractivity contribution in [2.75, 3.05) is 4.90 Å². The highest BCUT2D eigenvalue weighted by molar-refractivity contribution is 9.10. The number of nitro groups is 1. The molecular weight excluding hydrogens is 440 g/mol. The number of fused-ring (bicyclic) bond motifs is 1. The Labute approximate surface area is 173 Å². The van der Waals surface area contributed by atoms with Crippen LogP contribution in [0.5, 0.6) is 0 Å². The first-order chi connectivity index (χ1) is 14.0. The van der Waals surface area contributed by atoms with Crippen LogP contribution in [-0.2, 0) is 11.3 Å². The Morgan fingerprint density at radius 2 is 1.86 bits per heavy atom. The van der Waals surface area contributed by atoms with Crippen LogP contribution in [0.4, 0.5) is 11.4 Å². The largest absolute Gasteiger partial charge is 0.456 e. The molecule has 7 nitrogen and oxygen atoms in total. The summed E-state index contributed by atoms with van der Waals surface area (Å²) in [4.78, 5) is 36.0. The number of rotatable bonds is 5. The van der Waals surface area contributed by atoms with E-state index in [1.807, 2.05) is 18.2 Å². The summed E-state index contributed by atoms with van der Waals surface area (Å²) in [5.41, 5.74) is 2.59. The molecule has 0 radical (unpaired) electrons. The minimum Gasteiger partial charge on any atom is -0.456 e. The van der Waals surface area contributed by atoms with Crippen LogP contribution in [0, 0.1) is 10.1 Å². The van der Waals surface area contributed by atoms with E-state index in [-0.39, 0.29) is 23.9 Å². The Balaban J connectivity index is 1.73. The summed E-state index contributed by atoms with van der Waals surface area (Å²) in [6.07, 6.45) is 2.32. The predicted molar refractivity (Wildman–Crippen MR) is 110 cm³/mol. The first-order valence-corrected chi connectivity index (χ1v) is 9.37. The maximum atomic E-state index is 13.2. The molecule has 0 bridgehead atoms. The second-order valence-corrected chi connectivity index (χ2v) is 7.30. The minimum absolute atomic E-state index is 0.0153. The molecule has 0 saturated heterocycles. The highest BCUT2D eigenvalue weighted by Gasteiger charge is 2.33. The predicted octanol–water partition coefficient (Wildman–Crippen LogP) is 4.85. The zero-order chi connectivity index (χ0) is 20.5. The fourth-order valence-corrected chi connectivity index (χ4v) is 3.54. The molecular formula is C21H13BrN2O5. The third-order valence-corrected chi connectivity index (χ3v) is 5.04.